The summed E-state index contributed by atoms with van der Waals surface area (Å²) in [5.41, 5.74) is -1.34. The van der Waals surface area contributed by atoms with Crippen LogP contribution >= 0.6 is 0 Å². The molecule has 5 saturated heterocycles. The van der Waals surface area contributed by atoms with Crippen LogP contribution in [0.3, 0.4) is 0 Å². The number of ketones is 1. The zero-order valence-corrected chi connectivity index (χ0v) is 51.7. The molecule has 4 aliphatic carbocycles. The van der Waals surface area contributed by atoms with E-state index in [4.69, 9.17) is 51.6 Å². The minimum absolute atomic E-state index is 0.00854. The van der Waals surface area contributed by atoms with Crippen molar-refractivity contribution in [2.24, 2.45) is 46.3 Å². The molecule has 14 N–H and O–H groups in total. The van der Waals surface area contributed by atoms with E-state index in [9.17, 15) is 84.1 Å². The molecule has 0 amide bonds. The molecule has 29 heteroatoms. The third kappa shape index (κ3) is 13.6. The second-order valence-corrected chi connectivity index (χ2v) is 28.5. The number of carbonyl (C=O) groups is 1. The van der Waals surface area contributed by atoms with Crippen LogP contribution in [0.2, 0.25) is 0 Å². The van der Waals surface area contributed by atoms with Crippen LogP contribution in [0.1, 0.15) is 121 Å². The first-order chi connectivity index (χ1) is 40.5. The molecule has 0 aromatic carbocycles. The number of hydrogen-bond acceptors (Lipinski definition) is 27. The van der Waals surface area contributed by atoms with Crippen LogP contribution < -0.4 is 0 Å². The van der Waals surface area contributed by atoms with Crippen molar-refractivity contribution in [1.29, 1.82) is 0 Å². The fourth-order valence-corrected chi connectivity index (χ4v) is 16.5. The average Bonchev–Trinajstić information content (AvgIpc) is 1.70. The molecule has 502 valence electrons. The SMILES string of the molecule is CC(C)[C@H](C)C(=O)C[C@](C)(O)[C@H]1CC[C@H]2[C@@H]3C[C@H](O[C@@H]4O[C@H](C)[C@@H](O)[C@H](O[C@@H]5O[C@H](CO)[C@@H](O[C@@H]6O[C@H](C)[C@H](O)[C@H](O)[C@H]6O[C@@H]6O[C@H](C)[C@H](O)[C@H](O)[C@H]6O)[C@H](O)[C@H]5O[C@@H]5O[C@H](C)[C@@H](O)[C@H](O)[C@H]5O)[C@H]4O)[C@H]4C[C@@H](OS(=O)(=O)O)CC[C@]4(C)C3=CC[C@@]21C. The first-order valence-corrected chi connectivity index (χ1v) is 32.1. The van der Waals surface area contributed by atoms with Gasteiger partial charge in [-0.25, -0.2) is 4.18 Å². The van der Waals surface area contributed by atoms with Gasteiger partial charge in [0.15, 0.2) is 31.5 Å². The van der Waals surface area contributed by atoms with Crippen molar-refractivity contribution in [1.82, 2.24) is 0 Å². The molecule has 28 nitrogen and oxygen atoms in total. The van der Waals surface area contributed by atoms with Crippen LogP contribution in [0.25, 0.3) is 0 Å². The Morgan fingerprint density at radius 3 is 1.66 bits per heavy atom. The topological polar surface area (TPSA) is 436 Å². The summed E-state index contributed by atoms with van der Waals surface area (Å²) in [5, 5.41) is 147. The maximum absolute atomic E-state index is 13.6. The lowest BCUT2D eigenvalue weighted by Gasteiger charge is -2.60. The Bertz CT molecular complexity index is 2490. The smallest absolute Gasteiger partial charge is 0.394 e. The van der Waals surface area contributed by atoms with Crippen LogP contribution in [0.15, 0.2) is 11.6 Å². The normalized spacial score (nSPS) is 51.6. The Labute approximate surface area is 506 Å². The molecule has 0 spiro atoms. The Hall–Kier alpha value is -1.64. The highest BCUT2D eigenvalue weighted by Gasteiger charge is 2.64. The van der Waals surface area contributed by atoms with E-state index in [2.05, 4.69) is 19.9 Å². The van der Waals surface area contributed by atoms with Gasteiger partial charge in [-0.15, -0.1) is 0 Å². The molecule has 0 aromatic heterocycles. The molecule has 87 heavy (non-hydrogen) atoms. The van der Waals surface area contributed by atoms with Crippen LogP contribution in [0, 0.1) is 46.3 Å². The van der Waals surface area contributed by atoms with Gasteiger partial charge in [-0.3, -0.25) is 9.35 Å². The second-order valence-electron chi connectivity index (χ2n) is 27.5. The predicted octanol–water partition coefficient (Wildman–Crippen LogP) is -2.04. The number of Topliss-reactive ketones (excluding diaryl/α,β-unsaturated/α-hetero) is 1. The summed E-state index contributed by atoms with van der Waals surface area (Å²) in [5.74, 6) is -1.17. The fourth-order valence-electron chi connectivity index (χ4n) is 16.0. The minimum Gasteiger partial charge on any atom is -0.394 e. The lowest BCUT2D eigenvalue weighted by atomic mass is 9.47. The summed E-state index contributed by atoms with van der Waals surface area (Å²) >= 11 is 0. The molecule has 0 aromatic rings. The molecule has 5 heterocycles. The van der Waals surface area contributed by atoms with Gasteiger partial charge in [-0.1, -0.05) is 46.3 Å². The van der Waals surface area contributed by atoms with Crippen LogP contribution in [-0.2, 0) is 66.7 Å². The first kappa shape index (κ1) is 69.7. The molecule has 5 aliphatic heterocycles. The largest absolute Gasteiger partial charge is 0.397 e. The molecule has 3 saturated carbocycles. The molecular weight excluding hydrogens is 1180 g/mol. The summed E-state index contributed by atoms with van der Waals surface area (Å²) in [6.07, 6.45) is -39.5. The Morgan fingerprint density at radius 2 is 1.10 bits per heavy atom. The molecule has 9 rings (SSSR count). The number of allylic oxidation sites excluding steroid dienone is 2. The van der Waals surface area contributed by atoms with E-state index in [0.29, 0.717) is 32.1 Å². The zero-order chi connectivity index (χ0) is 64.1. The number of fused-ring (bicyclic) bond motifs is 5. The fraction of sp³-hybridized carbons (Fsp3) is 0.948. The standard InChI is InChI=1S/C58H96O28S/c1-21(2)22(3)32(60)19-58(10,72)35-12-11-29-28-18-33(31-17-27(86-87(73,74)75)13-15-56(31,8)30(28)14-16-57(29,35)9)80-53-46(71)48(39(64)26(7)78-53)83-55-50(85-52-44(69)41(66)37(62)24(5)77-52)45(70)47(34(20-59)81-55)82-54-49(42(67)38(63)25(6)79-54)84-51-43(68)40(65)36(61)23(4)76-51/h14,21-29,31,33-55,59,61-72H,11-13,15-20H2,1-10H3,(H,73,74,75)/t22-,23+,24+,25+,26+,27-,28-,29-,31+,33-,34+,35-,36-,37+,38-,39+,40-,41-,42-,43+,44+,45-,46+,47+,48-,49+,50+,51-,52-,53-,54-,55-,56+,57-,58-/m0/s1. The molecular formula is C58H96O28S. The van der Waals surface area contributed by atoms with Crippen molar-refractivity contribution in [2.45, 2.75) is 292 Å². The van der Waals surface area contributed by atoms with E-state index >= 15 is 0 Å². The van der Waals surface area contributed by atoms with Crippen molar-refractivity contribution >= 4 is 16.2 Å². The number of rotatable bonds is 18. The Kier molecular flexibility index (Phi) is 21.3. The third-order valence-corrected chi connectivity index (χ3v) is 22.0. The van der Waals surface area contributed by atoms with E-state index < -0.39 is 205 Å². The zero-order valence-electron chi connectivity index (χ0n) is 50.9. The van der Waals surface area contributed by atoms with Gasteiger partial charge >= 0.3 is 10.4 Å². The number of hydrogen-bond donors (Lipinski definition) is 14. The van der Waals surface area contributed by atoms with Gasteiger partial charge < -0.3 is 114 Å². The van der Waals surface area contributed by atoms with E-state index in [1.807, 2.05) is 20.8 Å². The summed E-state index contributed by atoms with van der Waals surface area (Å²) in [4.78, 5) is 13.6. The number of ether oxygens (including phenoxy) is 10. The van der Waals surface area contributed by atoms with E-state index in [1.54, 1.807) is 6.92 Å². The minimum atomic E-state index is -4.90. The van der Waals surface area contributed by atoms with E-state index in [-0.39, 0.29) is 54.6 Å². The van der Waals surface area contributed by atoms with Gasteiger partial charge in [0, 0.05) is 12.3 Å². The van der Waals surface area contributed by atoms with Crippen molar-refractivity contribution in [3.63, 3.8) is 0 Å². The van der Waals surface area contributed by atoms with E-state index in [1.165, 1.54) is 27.7 Å². The van der Waals surface area contributed by atoms with Crippen molar-refractivity contribution in [2.75, 3.05) is 6.61 Å². The van der Waals surface area contributed by atoms with Crippen LogP contribution in [-0.4, -0.2) is 263 Å². The summed E-state index contributed by atoms with van der Waals surface area (Å²) in [6, 6.07) is 0. The molecule has 8 fully saturated rings. The highest BCUT2D eigenvalue weighted by molar-refractivity contribution is 7.80. The van der Waals surface area contributed by atoms with Crippen molar-refractivity contribution < 1.29 is 136 Å². The Balaban J connectivity index is 1.00. The summed E-state index contributed by atoms with van der Waals surface area (Å²) in [7, 11) is -4.90. The first-order valence-electron chi connectivity index (χ1n) is 30.8. The van der Waals surface area contributed by atoms with Crippen LogP contribution in [0.5, 0.6) is 0 Å². The van der Waals surface area contributed by atoms with Crippen molar-refractivity contribution in [3.8, 4) is 0 Å². The highest BCUT2D eigenvalue weighted by atomic mass is 32.3. The predicted molar refractivity (Wildman–Crippen MR) is 295 cm³/mol. The molecule has 9 aliphatic rings. The van der Waals surface area contributed by atoms with Crippen molar-refractivity contribution in [3.05, 3.63) is 11.6 Å². The second kappa shape index (κ2) is 26.6. The highest BCUT2D eigenvalue weighted by Crippen LogP contribution is 2.67. The number of aliphatic hydroxyl groups is 13. The van der Waals surface area contributed by atoms with Gasteiger partial charge in [0.1, 0.15) is 103 Å². The average molecular weight is 1270 g/mol. The lowest BCUT2D eigenvalue weighted by Crippen LogP contribution is -2.68. The van der Waals surface area contributed by atoms with Gasteiger partial charge in [0.25, 0.3) is 0 Å². The van der Waals surface area contributed by atoms with Gasteiger partial charge in [-0.2, -0.15) is 8.42 Å². The molecule has 35 atom stereocenters. The lowest BCUT2D eigenvalue weighted by molar-refractivity contribution is -0.408. The van der Waals surface area contributed by atoms with Gasteiger partial charge in [0.2, 0.25) is 0 Å². The molecule has 0 unspecified atom stereocenters. The monoisotopic (exact) mass is 1270 g/mol. The molecule has 0 radical (unpaired) electrons. The van der Waals surface area contributed by atoms with E-state index in [0.717, 1.165) is 5.57 Å². The summed E-state index contributed by atoms with van der Waals surface area (Å²) in [6.45, 7) is 16.4. The maximum Gasteiger partial charge on any atom is 0.397 e. The Morgan fingerprint density at radius 1 is 0.609 bits per heavy atom. The van der Waals surface area contributed by atoms with Crippen LogP contribution in [0.4, 0.5) is 0 Å². The third-order valence-electron chi connectivity index (χ3n) is 21.5. The number of aliphatic hydroxyl groups excluding tert-OH is 12. The van der Waals surface area contributed by atoms with Gasteiger partial charge in [0.05, 0.1) is 48.8 Å². The molecule has 0 bridgehead atoms. The number of carbonyl (C=O) groups excluding carboxylic acids is 1. The maximum atomic E-state index is 13.6. The summed E-state index contributed by atoms with van der Waals surface area (Å²) < 4.78 is 101. The van der Waals surface area contributed by atoms with Gasteiger partial charge in [-0.05, 0) is 120 Å². The quantitative estimate of drug-likeness (QED) is 0.0519.